The summed E-state index contributed by atoms with van der Waals surface area (Å²) in [5, 5.41) is 10.6. The van der Waals surface area contributed by atoms with E-state index in [1.54, 1.807) is 34.9 Å². The highest BCUT2D eigenvalue weighted by atomic mass is 16.5. The summed E-state index contributed by atoms with van der Waals surface area (Å²) in [7, 11) is 5.16. The Balaban J connectivity index is 1.35. The van der Waals surface area contributed by atoms with Gasteiger partial charge in [0.1, 0.15) is 12.1 Å². The van der Waals surface area contributed by atoms with Crippen molar-refractivity contribution in [3.63, 3.8) is 0 Å². The van der Waals surface area contributed by atoms with Gasteiger partial charge in [-0.1, -0.05) is 40.3 Å². The number of hydrogen-bond donors (Lipinski definition) is 2. The zero-order valence-corrected chi connectivity index (χ0v) is 39.6. The van der Waals surface area contributed by atoms with Crippen LogP contribution in [0.25, 0.3) is 33.4 Å². The molecule has 2 aliphatic heterocycles. The molecule has 2 N–H and O–H groups in total. The lowest BCUT2D eigenvalue weighted by Crippen LogP contribution is -2.59. The molecule has 5 heterocycles. The van der Waals surface area contributed by atoms with Gasteiger partial charge in [-0.25, -0.2) is 5.43 Å². The van der Waals surface area contributed by atoms with Crippen LogP contribution in [0.4, 0.5) is 0 Å². The highest BCUT2D eigenvalue weighted by Gasteiger charge is 2.39. The molecule has 0 unspecified atom stereocenters. The number of methoxy groups -OCH3 is 1. The first-order chi connectivity index (χ1) is 31.0. The lowest BCUT2D eigenvalue weighted by atomic mass is 9.84. The topological polar surface area (TPSA) is 173 Å². The van der Waals surface area contributed by atoms with Crippen molar-refractivity contribution in [1.82, 2.24) is 44.9 Å². The van der Waals surface area contributed by atoms with Crippen LogP contribution in [0.5, 0.6) is 0 Å². The Morgan fingerprint density at radius 1 is 1.11 bits per heavy atom. The number of amides is 4. The van der Waals surface area contributed by atoms with Crippen LogP contribution in [0, 0.1) is 17.3 Å². The molecule has 0 saturated carbocycles. The van der Waals surface area contributed by atoms with E-state index in [0.717, 1.165) is 57.5 Å². The lowest BCUT2D eigenvalue weighted by molar-refractivity contribution is -0.145. The van der Waals surface area contributed by atoms with Crippen molar-refractivity contribution >= 4 is 41.0 Å². The Kier molecular flexibility index (Phi) is 15.7. The van der Waals surface area contributed by atoms with Gasteiger partial charge in [-0.05, 0) is 87.4 Å². The first-order valence-electron chi connectivity index (χ1n) is 22.8. The molecule has 16 heteroatoms. The normalized spacial score (nSPS) is 16.9. The number of hydrogen-bond acceptors (Lipinski definition) is 10. The number of rotatable bonds is 19. The number of likely N-dealkylation sites (tertiary alicyclic amines) is 1. The second kappa shape index (κ2) is 21.0. The fourth-order valence-corrected chi connectivity index (χ4v) is 9.51. The number of fused-ring (bicyclic) bond motifs is 1. The van der Waals surface area contributed by atoms with Gasteiger partial charge < -0.3 is 29.2 Å². The van der Waals surface area contributed by atoms with Crippen LogP contribution in [0.1, 0.15) is 83.9 Å². The molecule has 6 rings (SSSR count). The largest absolute Gasteiger partial charge is 0.467 e. The van der Waals surface area contributed by atoms with E-state index in [-0.39, 0.29) is 49.3 Å². The minimum absolute atomic E-state index is 0.108. The molecule has 4 amide bonds. The summed E-state index contributed by atoms with van der Waals surface area (Å²) >= 11 is 0. The van der Waals surface area contributed by atoms with E-state index in [2.05, 4.69) is 66.9 Å². The van der Waals surface area contributed by atoms with Crippen LogP contribution in [-0.4, -0.2) is 123 Å². The number of nitrogens with zero attached hydrogens (tertiary/aromatic N) is 7. The molecule has 4 atom stereocenters. The zero-order valence-electron chi connectivity index (χ0n) is 39.6. The molecule has 0 spiro atoms. The van der Waals surface area contributed by atoms with Crippen molar-refractivity contribution in [3.05, 3.63) is 72.2 Å². The predicted octanol–water partition coefficient (Wildman–Crippen LogP) is 5.24. The Morgan fingerprint density at radius 3 is 2.54 bits per heavy atom. The second-order valence-corrected chi connectivity index (χ2v) is 18.5. The molecule has 16 nitrogen and oxygen atoms in total. The van der Waals surface area contributed by atoms with Crippen LogP contribution in [0.15, 0.2) is 55.3 Å². The third kappa shape index (κ3) is 10.7. The minimum Gasteiger partial charge on any atom is -0.467 e. The van der Waals surface area contributed by atoms with E-state index < -0.39 is 29.3 Å². The van der Waals surface area contributed by atoms with Crippen molar-refractivity contribution in [2.24, 2.45) is 24.3 Å². The fraction of sp³-hybridized carbons (Fsp3) is 0.531. The molecular formula is C49H67N9O7. The summed E-state index contributed by atoms with van der Waals surface area (Å²) in [5.74, 6) is -1.90. The van der Waals surface area contributed by atoms with Gasteiger partial charge in [0.15, 0.2) is 0 Å². The zero-order chi connectivity index (χ0) is 47.2. The van der Waals surface area contributed by atoms with Gasteiger partial charge in [-0.15, -0.1) is 0 Å². The van der Waals surface area contributed by atoms with E-state index in [0.29, 0.717) is 51.2 Å². The van der Waals surface area contributed by atoms with Crippen molar-refractivity contribution in [3.8, 4) is 22.5 Å². The predicted molar refractivity (Wildman–Crippen MR) is 249 cm³/mol. The van der Waals surface area contributed by atoms with Gasteiger partial charge in [0.2, 0.25) is 17.7 Å². The molecule has 0 aliphatic carbocycles. The molecule has 2 aliphatic rings. The van der Waals surface area contributed by atoms with E-state index in [1.807, 2.05) is 40.0 Å². The smallest absolute Gasteiger partial charge is 0.293 e. The highest BCUT2D eigenvalue weighted by molar-refractivity contribution is 5.96. The Morgan fingerprint density at radius 2 is 1.88 bits per heavy atom. The Labute approximate surface area is 382 Å². The monoisotopic (exact) mass is 894 g/mol. The maximum atomic E-state index is 14.4. The van der Waals surface area contributed by atoms with Gasteiger partial charge in [0.05, 0.1) is 41.4 Å². The molecular weight excluding hydrogens is 827 g/mol. The van der Waals surface area contributed by atoms with Crippen LogP contribution < -0.4 is 10.7 Å². The van der Waals surface area contributed by atoms with Crippen molar-refractivity contribution in [1.29, 1.82) is 0 Å². The number of carbonyl (C=O) groups excluding carboxylic acids is 5. The van der Waals surface area contributed by atoms with E-state index in [9.17, 15) is 24.0 Å². The number of pyridine rings is 1. The van der Waals surface area contributed by atoms with Crippen LogP contribution >= 0.6 is 0 Å². The Hall–Kier alpha value is -5.87. The maximum Gasteiger partial charge on any atom is 0.293 e. The average molecular weight is 894 g/mol. The third-order valence-electron chi connectivity index (χ3n) is 12.8. The summed E-state index contributed by atoms with van der Waals surface area (Å²) in [6, 6.07) is 10.5. The molecule has 65 heavy (non-hydrogen) atoms. The molecule has 350 valence electrons. The number of hydrazine groups is 1. The quantitative estimate of drug-likeness (QED) is 0.0937. The van der Waals surface area contributed by atoms with Gasteiger partial charge >= 0.3 is 0 Å². The van der Waals surface area contributed by atoms with E-state index in [4.69, 9.17) is 19.6 Å². The summed E-state index contributed by atoms with van der Waals surface area (Å²) in [6.45, 7) is 18.8. The van der Waals surface area contributed by atoms with Gasteiger partial charge in [0, 0.05) is 94.0 Å². The standard InChI is InChI=1S/C49H67N9O7/c1-11-42(60)56-23-19-34(28-56)47(62)54(8)44(31(3)4)46(61)52-39(48(63)58-22-14-13-21-51-58)25-35-26-41(55(9)53-35)33-17-18-40-37(24-33)38(27-49(6,7)29-65-30-59)45(57(40)12-2)36-16-15-20-50-43(36)32(5)64-10/h11,15-18,20,24,26,30-32,34,39,44,51H,1,12-14,19,21-23,25,27-29H2,2-10H3,(H,52,61)/t32-,34-,39-,44-/m0/s1. The van der Waals surface area contributed by atoms with Crippen molar-refractivity contribution in [2.45, 2.75) is 98.4 Å². The summed E-state index contributed by atoms with van der Waals surface area (Å²) in [4.78, 5) is 73.9. The number of nitrogens with one attached hydrogen (secondary N) is 2. The van der Waals surface area contributed by atoms with Gasteiger partial charge in [0.25, 0.3) is 12.4 Å². The summed E-state index contributed by atoms with van der Waals surface area (Å²) in [5.41, 5.74) is 10.1. The first-order valence-corrected chi connectivity index (χ1v) is 22.8. The second-order valence-electron chi connectivity index (χ2n) is 18.5. The number of likely N-dealkylation sites (N-methyl/N-ethyl adjacent to an activating group) is 1. The number of aryl methyl sites for hydroxylation is 2. The van der Waals surface area contributed by atoms with Crippen LogP contribution in [0.3, 0.4) is 0 Å². The molecule has 4 aromatic rings. The third-order valence-corrected chi connectivity index (χ3v) is 12.8. The van der Waals surface area contributed by atoms with E-state index >= 15 is 0 Å². The molecule has 2 fully saturated rings. The molecule has 0 bridgehead atoms. The van der Waals surface area contributed by atoms with Crippen molar-refractivity contribution in [2.75, 3.05) is 46.9 Å². The number of ether oxygens (including phenoxy) is 2. The highest BCUT2D eigenvalue weighted by Crippen LogP contribution is 2.42. The summed E-state index contributed by atoms with van der Waals surface area (Å²) in [6.07, 6.45) is 5.71. The van der Waals surface area contributed by atoms with Crippen LogP contribution in [0.2, 0.25) is 0 Å². The SMILES string of the molecule is C=CC(=O)N1CC[C@H](C(=O)N(C)[C@H](C(=O)N[C@@H](Cc2cc(-c3ccc4c(c3)c(CC(C)(C)COC=O)c(-c3cccnc3[C@H](C)OC)n4CC)n(C)n2)C(=O)N2CCCCN2)C(C)C)C1. The van der Waals surface area contributed by atoms with Gasteiger partial charge in [-0.3, -0.25) is 38.6 Å². The maximum absolute atomic E-state index is 14.4. The summed E-state index contributed by atoms with van der Waals surface area (Å²) < 4.78 is 15.2. The van der Waals surface area contributed by atoms with Crippen LogP contribution in [-0.2, 0) is 59.9 Å². The molecule has 1 aromatic carbocycles. The molecule has 3 aromatic heterocycles. The molecule has 2 saturated heterocycles. The van der Waals surface area contributed by atoms with Crippen molar-refractivity contribution < 1.29 is 33.4 Å². The average Bonchev–Trinajstić information content (AvgIpc) is 4.02. The molecule has 0 radical (unpaired) electrons. The lowest BCUT2D eigenvalue weighted by Gasteiger charge is -2.35. The number of aromatic nitrogens is 4. The Bertz CT molecular complexity index is 2380. The van der Waals surface area contributed by atoms with Gasteiger partial charge in [-0.2, -0.15) is 5.10 Å². The fourth-order valence-electron chi connectivity index (χ4n) is 9.51. The minimum atomic E-state index is -0.984. The number of benzene rings is 1. The van der Waals surface area contributed by atoms with E-state index in [1.165, 1.54) is 11.0 Å². The first kappa shape index (κ1) is 48.6. The number of carbonyl (C=O) groups is 5.